The molecule has 1 N–H and O–H groups in total. The number of nitrogens with zero attached hydrogens (tertiary/aromatic N) is 5. The topological polar surface area (TPSA) is 111 Å². The van der Waals surface area contributed by atoms with Gasteiger partial charge in [0.05, 0.1) is 42.6 Å². The number of hydrogen-bond acceptors (Lipinski definition) is 9. The van der Waals surface area contributed by atoms with Gasteiger partial charge in [0, 0.05) is 17.7 Å². The molecule has 0 aliphatic carbocycles. The fourth-order valence-corrected chi connectivity index (χ4v) is 6.66. The van der Waals surface area contributed by atoms with E-state index in [1.165, 1.54) is 28.9 Å². The summed E-state index contributed by atoms with van der Waals surface area (Å²) in [5.74, 6) is 0.906. The largest absolute Gasteiger partial charge is 0.497 e. The number of aromatic nitrogens is 3. The van der Waals surface area contributed by atoms with Crippen LogP contribution in [0.5, 0.6) is 11.5 Å². The van der Waals surface area contributed by atoms with Crippen LogP contribution in [0.2, 0.25) is 0 Å². The Morgan fingerprint density at radius 1 is 1.02 bits per heavy atom. The van der Waals surface area contributed by atoms with E-state index in [4.69, 9.17) is 14.6 Å². The third-order valence-electron chi connectivity index (χ3n) is 7.40. The third-order valence-corrected chi connectivity index (χ3v) is 9.23. The minimum Gasteiger partial charge on any atom is -0.497 e. The molecule has 47 heavy (non-hydrogen) atoms. The Kier molecular flexibility index (Phi) is 9.93. The molecule has 0 saturated carbocycles. The minimum absolute atomic E-state index is 0.0181. The Bertz CT molecular complexity index is 1880. The normalized spacial score (nSPS) is 14.1. The van der Waals surface area contributed by atoms with Crippen LogP contribution in [0, 0.1) is 5.82 Å². The van der Waals surface area contributed by atoms with Gasteiger partial charge in [-0.05, 0) is 78.5 Å². The average molecular weight is 671 g/mol. The van der Waals surface area contributed by atoms with Crippen LogP contribution in [0.15, 0.2) is 101 Å². The predicted molar refractivity (Wildman–Crippen MR) is 179 cm³/mol. The van der Waals surface area contributed by atoms with Crippen molar-refractivity contribution in [3.8, 4) is 17.2 Å². The van der Waals surface area contributed by atoms with Crippen LogP contribution >= 0.6 is 23.1 Å². The van der Waals surface area contributed by atoms with Crippen LogP contribution in [0.25, 0.3) is 5.69 Å². The van der Waals surface area contributed by atoms with Crippen molar-refractivity contribution in [2.75, 3.05) is 19.5 Å². The van der Waals surface area contributed by atoms with Crippen molar-refractivity contribution in [1.29, 1.82) is 0 Å². The number of hydrogen-bond donors (Lipinski definition) is 1. The smallest absolute Gasteiger partial charge is 0.253 e. The van der Waals surface area contributed by atoms with Gasteiger partial charge in [-0.2, -0.15) is 5.10 Å². The minimum atomic E-state index is -0.368. The van der Waals surface area contributed by atoms with Crippen molar-refractivity contribution in [1.82, 2.24) is 25.1 Å². The van der Waals surface area contributed by atoms with Gasteiger partial charge in [-0.25, -0.2) is 9.40 Å². The molecule has 1 aliphatic rings. The highest BCUT2D eigenvalue weighted by Gasteiger charge is 2.33. The molecule has 1 unspecified atom stereocenters. The van der Waals surface area contributed by atoms with Crippen LogP contribution < -0.4 is 14.8 Å². The number of hydrazone groups is 1. The molecule has 0 saturated heterocycles. The van der Waals surface area contributed by atoms with Gasteiger partial charge in [-0.3, -0.25) is 14.2 Å². The van der Waals surface area contributed by atoms with Gasteiger partial charge in [0.25, 0.3) is 11.8 Å². The quantitative estimate of drug-likeness (QED) is 0.156. The van der Waals surface area contributed by atoms with Crippen molar-refractivity contribution >= 4 is 40.6 Å². The van der Waals surface area contributed by atoms with E-state index in [1.54, 1.807) is 59.4 Å². The molecule has 240 valence electrons. The Hall–Kier alpha value is -5.01. The number of methoxy groups -OCH3 is 1. The molecule has 3 aromatic carbocycles. The van der Waals surface area contributed by atoms with Crippen LogP contribution in [-0.4, -0.2) is 56.8 Å². The molecule has 2 amide bonds. The molecule has 6 rings (SSSR count). The van der Waals surface area contributed by atoms with Crippen LogP contribution in [0.1, 0.15) is 46.0 Å². The molecule has 13 heteroatoms. The molecule has 0 radical (unpaired) electrons. The molecule has 1 aliphatic heterocycles. The summed E-state index contributed by atoms with van der Waals surface area (Å²) in [6.45, 7) is 2.53. The van der Waals surface area contributed by atoms with Gasteiger partial charge in [0.1, 0.15) is 17.3 Å². The van der Waals surface area contributed by atoms with E-state index in [1.807, 2.05) is 48.7 Å². The molecular formula is C34H31FN6O4S2. The standard InChI is InChI=1S/C34H31FN6O4S2/c1-3-45-26-15-13-25(14-16-26)40-31(20-36-33(43)23-6-4-7-27(18-23)44-2)37-38-34(40)47-21-32(42)41-29(22-9-11-24(35)12-10-22)19-28(39-41)30-8-5-17-46-30/h4-18,29H,3,19-21H2,1-2H3,(H,36,43). The number of halogens is 1. The first-order chi connectivity index (χ1) is 22.9. The lowest BCUT2D eigenvalue weighted by atomic mass is 10.0. The maximum Gasteiger partial charge on any atom is 0.253 e. The lowest BCUT2D eigenvalue weighted by Gasteiger charge is -2.22. The van der Waals surface area contributed by atoms with E-state index in [0.717, 1.165) is 21.8 Å². The van der Waals surface area contributed by atoms with E-state index in [0.29, 0.717) is 41.1 Å². The number of benzene rings is 3. The molecule has 5 aromatic rings. The molecule has 3 heterocycles. The summed E-state index contributed by atoms with van der Waals surface area (Å²) in [7, 11) is 1.54. The zero-order valence-corrected chi connectivity index (χ0v) is 27.3. The number of thiophene rings is 1. The second-order valence-corrected chi connectivity index (χ2v) is 12.3. The highest BCUT2D eigenvalue weighted by atomic mass is 32.2. The van der Waals surface area contributed by atoms with Gasteiger partial charge >= 0.3 is 0 Å². The Morgan fingerprint density at radius 3 is 2.55 bits per heavy atom. The van der Waals surface area contributed by atoms with E-state index in [-0.39, 0.29) is 36.0 Å². The predicted octanol–water partition coefficient (Wildman–Crippen LogP) is 6.28. The maximum absolute atomic E-state index is 13.8. The number of amides is 2. The summed E-state index contributed by atoms with van der Waals surface area (Å²) in [5, 5.41) is 20.3. The number of carbonyl (C=O) groups is 2. The summed E-state index contributed by atoms with van der Waals surface area (Å²) < 4.78 is 26.4. The SMILES string of the molecule is CCOc1ccc(-n2c(CNC(=O)c3cccc(OC)c3)nnc2SCC(=O)N2N=C(c3cccs3)CC2c2ccc(F)cc2)cc1. The van der Waals surface area contributed by atoms with Crippen molar-refractivity contribution < 1.29 is 23.5 Å². The Labute approximate surface area is 279 Å². The molecule has 0 fully saturated rings. The van der Waals surface area contributed by atoms with Crippen molar-refractivity contribution in [2.24, 2.45) is 5.10 Å². The summed E-state index contributed by atoms with van der Waals surface area (Å²) in [4.78, 5) is 27.7. The van der Waals surface area contributed by atoms with Gasteiger partial charge in [-0.1, -0.05) is 36.0 Å². The fraction of sp³-hybridized carbons (Fsp3) is 0.206. The van der Waals surface area contributed by atoms with Gasteiger partial charge < -0.3 is 14.8 Å². The summed E-state index contributed by atoms with van der Waals surface area (Å²) in [6.07, 6.45) is 0.516. The average Bonchev–Trinajstić information content (AvgIpc) is 3.88. The molecule has 1 atom stereocenters. The van der Waals surface area contributed by atoms with E-state index >= 15 is 0 Å². The van der Waals surface area contributed by atoms with E-state index < -0.39 is 0 Å². The monoisotopic (exact) mass is 670 g/mol. The van der Waals surface area contributed by atoms with Gasteiger partial charge in [-0.15, -0.1) is 21.5 Å². The number of carbonyl (C=O) groups excluding carboxylic acids is 2. The molecular weight excluding hydrogens is 640 g/mol. The second-order valence-electron chi connectivity index (χ2n) is 10.4. The first-order valence-electron chi connectivity index (χ1n) is 14.8. The van der Waals surface area contributed by atoms with Crippen LogP contribution in [0.4, 0.5) is 4.39 Å². The summed E-state index contributed by atoms with van der Waals surface area (Å²) in [6, 6.07) is 24.0. The van der Waals surface area contributed by atoms with Crippen molar-refractivity contribution in [3.63, 3.8) is 0 Å². The van der Waals surface area contributed by atoms with Gasteiger partial charge in [0.15, 0.2) is 11.0 Å². The molecule has 10 nitrogen and oxygen atoms in total. The second kappa shape index (κ2) is 14.6. The highest BCUT2D eigenvalue weighted by molar-refractivity contribution is 7.99. The molecule has 0 spiro atoms. The van der Waals surface area contributed by atoms with E-state index in [2.05, 4.69) is 15.5 Å². The number of thioether (sulfide) groups is 1. The van der Waals surface area contributed by atoms with Crippen LogP contribution in [-0.2, 0) is 11.3 Å². The highest BCUT2D eigenvalue weighted by Crippen LogP contribution is 2.35. The third kappa shape index (κ3) is 7.36. The number of rotatable bonds is 12. The maximum atomic E-state index is 13.8. The first-order valence-corrected chi connectivity index (χ1v) is 16.7. The first kappa shape index (κ1) is 32.0. The van der Waals surface area contributed by atoms with E-state index in [9.17, 15) is 14.0 Å². The van der Waals surface area contributed by atoms with Crippen molar-refractivity contribution in [3.05, 3.63) is 118 Å². The lowest BCUT2D eigenvalue weighted by molar-refractivity contribution is -0.130. The summed E-state index contributed by atoms with van der Waals surface area (Å²) >= 11 is 2.77. The molecule has 2 aromatic heterocycles. The molecule has 0 bridgehead atoms. The Morgan fingerprint density at radius 2 is 1.83 bits per heavy atom. The summed E-state index contributed by atoms with van der Waals surface area (Å²) in [5.41, 5.74) is 2.79. The van der Waals surface area contributed by atoms with Crippen molar-refractivity contribution in [2.45, 2.75) is 31.1 Å². The lowest BCUT2D eigenvalue weighted by Crippen LogP contribution is -2.28. The fourth-order valence-electron chi connectivity index (χ4n) is 5.12. The zero-order chi connectivity index (χ0) is 32.8. The van der Waals surface area contributed by atoms with Crippen LogP contribution in [0.3, 0.4) is 0 Å². The zero-order valence-electron chi connectivity index (χ0n) is 25.6. The van der Waals surface area contributed by atoms with Gasteiger partial charge in [0.2, 0.25) is 0 Å². The number of nitrogens with one attached hydrogen (secondary N) is 1. The Balaban J connectivity index is 1.24. The number of ether oxygens (including phenoxy) is 2.